The van der Waals surface area contributed by atoms with Gasteiger partial charge in [0.15, 0.2) is 20.0 Å². The summed E-state index contributed by atoms with van der Waals surface area (Å²) < 4.78 is 50.7. The zero-order valence-corrected chi connectivity index (χ0v) is 21.4. The van der Waals surface area contributed by atoms with E-state index in [0.717, 1.165) is 0 Å². The first-order chi connectivity index (χ1) is 10.3. The van der Waals surface area contributed by atoms with Gasteiger partial charge in [0.25, 0.3) is 0 Å². The maximum absolute atomic E-state index is 9.74. The summed E-state index contributed by atoms with van der Waals surface area (Å²) in [6.45, 7) is 4.53. The van der Waals surface area contributed by atoms with E-state index in [1.54, 1.807) is 0 Å². The van der Waals surface area contributed by atoms with E-state index in [4.69, 9.17) is 29.0 Å². The predicted molar refractivity (Wildman–Crippen MR) is 93.0 cm³/mol. The molecule has 1 radical (unpaired) electrons. The summed E-state index contributed by atoms with van der Waals surface area (Å²) in [5.74, 6) is 0. The van der Waals surface area contributed by atoms with E-state index in [-0.39, 0.29) is 35.9 Å². The minimum Gasteiger partial charge on any atom is -0.328 e. The van der Waals surface area contributed by atoms with Crippen LogP contribution in [0.5, 0.6) is 0 Å². The molecule has 25 heavy (non-hydrogen) atoms. The molecule has 0 spiro atoms. The quantitative estimate of drug-likeness (QED) is 0.266. The third-order valence-corrected chi connectivity index (χ3v) is 2.31. The Morgan fingerprint density at radius 2 is 0.720 bits per heavy atom. The molecule has 19 heteroatoms. The molecular weight excluding hydrogens is 497 g/mol. The van der Waals surface area contributed by atoms with Crippen molar-refractivity contribution >= 4 is 58.3 Å². The second kappa shape index (κ2) is 40.3. The Labute approximate surface area is 174 Å². The monoisotopic (exact) mass is 520 g/mol. The van der Waals surface area contributed by atoms with Gasteiger partial charge in [-0.15, -0.1) is 23.4 Å². The summed E-state index contributed by atoms with van der Waals surface area (Å²) in [5, 5.41) is 0. The number of hydrogen-bond donors (Lipinski definition) is 5. The first-order valence-corrected chi connectivity index (χ1v) is 12.1. The Hall–Kier alpha value is 1.63. The summed E-state index contributed by atoms with van der Waals surface area (Å²) in [4.78, 5) is 35.9. The third kappa shape index (κ3) is 246. The molecule has 5 N–H and O–H groups in total. The van der Waals surface area contributed by atoms with Crippen LogP contribution in [0.15, 0.2) is 0 Å². The van der Waals surface area contributed by atoms with Gasteiger partial charge in [-0.05, 0) is 13.7 Å². The molecule has 0 aromatic heterocycles. The van der Waals surface area contributed by atoms with Gasteiger partial charge in [-0.25, -0.2) is 0 Å². The Morgan fingerprint density at radius 1 is 0.680 bits per heavy atom. The van der Waals surface area contributed by atoms with E-state index in [1.807, 2.05) is 0 Å². The van der Waals surface area contributed by atoms with Gasteiger partial charge in [0.05, 0.1) is 21.3 Å². The minimum atomic E-state index is -2.87. The van der Waals surface area contributed by atoms with Gasteiger partial charge in [-0.3, -0.25) is 0 Å². The predicted octanol–water partition coefficient (Wildman–Crippen LogP) is 1.45. The average molecular weight is 520 g/mol. The Kier molecular flexibility index (Phi) is 73.3. The van der Waals surface area contributed by atoms with Crippen LogP contribution in [0.25, 0.3) is 0 Å². The molecule has 0 saturated heterocycles. The zero-order valence-electron chi connectivity index (χ0n) is 14.4. The Bertz CT molecular complexity index is 282. The zero-order chi connectivity index (χ0) is 20.0. The minimum absolute atomic E-state index is 0. The molecule has 3 unspecified atom stereocenters. The molecule has 0 aliphatic rings. The van der Waals surface area contributed by atoms with E-state index in [2.05, 4.69) is 13.6 Å². The van der Waals surface area contributed by atoms with Crippen molar-refractivity contribution in [2.75, 3.05) is 41.3 Å². The fourth-order valence-electron chi connectivity index (χ4n) is 0. The number of hydrogen-bond acceptors (Lipinski definition) is 10. The summed E-state index contributed by atoms with van der Waals surface area (Å²) in [6.07, 6.45) is 0. The Balaban J connectivity index is -0.0000000319. The van der Waals surface area contributed by atoms with Crippen molar-refractivity contribution in [3.8, 4) is 0 Å². The SMILES string of the molecule is CO[P+](C)=O.CO[P+](C)=O.CO[P+](C)=O.O=[P+](O)O.OP(O)O.[Al+3].[V]. The van der Waals surface area contributed by atoms with Crippen molar-refractivity contribution in [3.63, 3.8) is 0 Å². The molecule has 0 aliphatic carbocycles. The maximum atomic E-state index is 9.74. The van der Waals surface area contributed by atoms with Gasteiger partial charge in [0.1, 0.15) is 0 Å². The van der Waals surface area contributed by atoms with Crippen LogP contribution in [0, 0.1) is 0 Å². The van der Waals surface area contributed by atoms with Gasteiger partial charge in [0.2, 0.25) is 0 Å². The van der Waals surface area contributed by atoms with Crippen molar-refractivity contribution in [1.29, 1.82) is 0 Å². The van der Waals surface area contributed by atoms with E-state index >= 15 is 0 Å². The molecule has 3 atom stereocenters. The van der Waals surface area contributed by atoms with Crippen LogP contribution in [0.2, 0.25) is 0 Å². The second-order valence-corrected chi connectivity index (χ2v) is 7.16. The Morgan fingerprint density at radius 3 is 0.720 bits per heavy atom. The van der Waals surface area contributed by atoms with Crippen LogP contribution in [-0.2, 0) is 50.4 Å². The summed E-state index contributed by atoms with van der Waals surface area (Å²) in [6, 6.07) is 0. The molecule has 12 nitrogen and oxygen atoms in total. The topological polar surface area (TPSA) is 197 Å². The average Bonchev–Trinajstić information content (AvgIpc) is 2.38. The van der Waals surface area contributed by atoms with Crippen molar-refractivity contribution < 1.29 is 74.9 Å². The van der Waals surface area contributed by atoms with Crippen molar-refractivity contribution in [1.82, 2.24) is 0 Å². The molecule has 0 rings (SSSR count). The fourth-order valence-corrected chi connectivity index (χ4v) is 0. The van der Waals surface area contributed by atoms with Crippen LogP contribution in [0.1, 0.15) is 0 Å². The number of rotatable bonds is 3. The molecule has 0 bridgehead atoms. The smallest absolute Gasteiger partial charge is 0.328 e. The molecular formula is C6H23AlO12P5V+7. The van der Waals surface area contributed by atoms with Crippen LogP contribution in [0.4, 0.5) is 0 Å². The molecule has 0 aromatic rings. The molecule has 0 aromatic carbocycles. The van der Waals surface area contributed by atoms with Crippen molar-refractivity contribution in [2.45, 2.75) is 0 Å². The van der Waals surface area contributed by atoms with Gasteiger partial charge in [-0.1, -0.05) is 0 Å². The second-order valence-electron chi connectivity index (χ2n) is 2.39. The van der Waals surface area contributed by atoms with Gasteiger partial charge < -0.3 is 14.7 Å². The van der Waals surface area contributed by atoms with Crippen LogP contribution >= 0.6 is 40.9 Å². The maximum Gasteiger partial charge on any atom is 3.00 e. The van der Waals surface area contributed by atoms with Crippen LogP contribution < -0.4 is 0 Å². The van der Waals surface area contributed by atoms with Crippen molar-refractivity contribution in [3.05, 3.63) is 0 Å². The third-order valence-electron chi connectivity index (χ3n) is 0.771. The fraction of sp³-hybridized carbons (Fsp3) is 1.00. The van der Waals surface area contributed by atoms with Crippen LogP contribution in [0.3, 0.4) is 0 Å². The summed E-state index contributed by atoms with van der Waals surface area (Å²) >= 11 is 0. The molecule has 0 aliphatic heterocycles. The molecule has 0 heterocycles. The largest absolute Gasteiger partial charge is 3.00 e. The standard InChI is InChI=1S/3C2H6O2P.Al.H3O3P.HO3P.V/c3*1-4-5(2)3;;2*1-4(2)3;/h3*1-2H3;;1-3H;(H-,1,2,3);/q3*+1;+3;;;/p+1. The van der Waals surface area contributed by atoms with Crippen molar-refractivity contribution in [2.24, 2.45) is 0 Å². The molecule has 0 saturated carbocycles. The van der Waals surface area contributed by atoms with E-state index in [9.17, 15) is 13.7 Å². The van der Waals surface area contributed by atoms with E-state index < -0.39 is 40.9 Å². The van der Waals surface area contributed by atoms with E-state index in [1.165, 1.54) is 41.3 Å². The van der Waals surface area contributed by atoms with Gasteiger partial charge in [-0.2, -0.15) is 0 Å². The van der Waals surface area contributed by atoms with Gasteiger partial charge in [0, 0.05) is 23.1 Å². The van der Waals surface area contributed by atoms with Gasteiger partial charge >= 0.3 is 58.3 Å². The van der Waals surface area contributed by atoms with Crippen LogP contribution in [-0.4, -0.2) is 83.2 Å². The molecule has 0 amide bonds. The normalized spacial score (nSPS) is 9.20. The first kappa shape index (κ1) is 45.4. The van der Waals surface area contributed by atoms with E-state index in [0.29, 0.717) is 0 Å². The molecule has 0 fully saturated rings. The summed E-state index contributed by atoms with van der Waals surface area (Å²) in [5.41, 5.74) is 0. The first-order valence-electron chi connectivity index (χ1n) is 4.84. The summed E-state index contributed by atoms with van der Waals surface area (Å²) in [7, 11) is -5.29. The molecule has 145 valence electrons.